The maximum absolute atomic E-state index is 12.7. The molecule has 4 rings (SSSR count). The van der Waals surface area contributed by atoms with Crippen LogP contribution in [0.15, 0.2) is 71.5 Å². The fraction of sp³-hybridized carbons (Fsp3) is 0.174. The number of nitrogens with zero attached hydrogens (tertiary/aromatic N) is 2. The van der Waals surface area contributed by atoms with Crippen LogP contribution < -0.4 is 15.6 Å². The molecule has 1 heterocycles. The largest absolute Gasteiger partial charge is 0.491 e. The molecule has 29 heavy (non-hydrogen) atoms. The third-order valence-electron chi connectivity index (χ3n) is 4.78. The summed E-state index contributed by atoms with van der Waals surface area (Å²) in [5, 5.41) is 10.3. The molecular weight excluding hydrogens is 366 g/mol. The first-order valence-electron chi connectivity index (χ1n) is 9.57. The minimum atomic E-state index is -0.329. The maximum atomic E-state index is 12.7. The van der Waals surface area contributed by atoms with Gasteiger partial charge in [-0.15, -0.1) is 0 Å². The van der Waals surface area contributed by atoms with Gasteiger partial charge in [-0.05, 0) is 24.4 Å². The molecule has 0 bridgehead atoms. The molecule has 0 spiro atoms. The lowest BCUT2D eigenvalue weighted by Crippen LogP contribution is -2.32. The van der Waals surface area contributed by atoms with E-state index < -0.39 is 0 Å². The van der Waals surface area contributed by atoms with Crippen molar-refractivity contribution in [2.45, 2.75) is 13.5 Å². The molecule has 0 aliphatic carbocycles. The number of nitrogens with one attached hydrogen (secondary N) is 1. The van der Waals surface area contributed by atoms with E-state index in [0.29, 0.717) is 30.5 Å². The Morgan fingerprint density at radius 3 is 2.45 bits per heavy atom. The molecule has 0 atom stereocenters. The van der Waals surface area contributed by atoms with E-state index in [4.69, 9.17) is 4.74 Å². The lowest BCUT2D eigenvalue weighted by Gasteiger charge is -2.12. The molecule has 0 radical (unpaired) electrons. The van der Waals surface area contributed by atoms with Gasteiger partial charge in [0.15, 0.2) is 5.69 Å². The normalized spacial score (nSPS) is 10.9. The quantitative estimate of drug-likeness (QED) is 0.515. The van der Waals surface area contributed by atoms with Gasteiger partial charge in [-0.2, -0.15) is 5.10 Å². The van der Waals surface area contributed by atoms with E-state index in [-0.39, 0.29) is 17.2 Å². The molecule has 0 saturated carbocycles. The number of carbonyl (C=O) groups excluding carboxylic acids is 1. The molecule has 0 saturated heterocycles. The summed E-state index contributed by atoms with van der Waals surface area (Å²) in [5.74, 6) is 0.449. The smallest absolute Gasteiger partial charge is 0.274 e. The first-order valence-corrected chi connectivity index (χ1v) is 9.57. The predicted octanol–water partition coefficient (Wildman–Crippen LogP) is 3.38. The molecule has 146 valence electrons. The van der Waals surface area contributed by atoms with E-state index in [2.05, 4.69) is 10.4 Å². The Hall–Kier alpha value is -3.67. The highest BCUT2D eigenvalue weighted by Gasteiger charge is 2.15. The third-order valence-corrected chi connectivity index (χ3v) is 4.78. The molecule has 4 aromatic rings. The average Bonchev–Trinajstić information content (AvgIpc) is 2.77. The number of ether oxygens (including phenoxy) is 1. The van der Waals surface area contributed by atoms with Gasteiger partial charge in [0.1, 0.15) is 12.4 Å². The van der Waals surface area contributed by atoms with Crippen molar-refractivity contribution in [3.63, 3.8) is 0 Å². The number of aromatic nitrogens is 2. The standard InChI is InChI=1S/C23H21N3O3/c1-2-26-23(28)19-12-6-5-11-18(19)21(25-26)22(27)24-14-15-29-20-13-7-9-16-8-3-4-10-17(16)20/h3-13H,2,14-15H2,1H3,(H,24,27). The lowest BCUT2D eigenvalue weighted by atomic mass is 10.1. The van der Waals surface area contributed by atoms with Crippen molar-refractivity contribution in [2.24, 2.45) is 0 Å². The van der Waals surface area contributed by atoms with Crippen molar-refractivity contribution >= 4 is 27.5 Å². The molecule has 1 N–H and O–H groups in total. The number of benzene rings is 3. The molecule has 1 amide bonds. The number of amides is 1. The van der Waals surface area contributed by atoms with Crippen LogP contribution in [0.1, 0.15) is 17.4 Å². The Balaban J connectivity index is 1.48. The van der Waals surface area contributed by atoms with Crippen LogP contribution in [-0.2, 0) is 6.54 Å². The van der Waals surface area contributed by atoms with Crippen LogP contribution in [0.25, 0.3) is 21.5 Å². The van der Waals surface area contributed by atoms with Gasteiger partial charge in [0.2, 0.25) is 0 Å². The van der Waals surface area contributed by atoms with Crippen LogP contribution in [0.2, 0.25) is 0 Å². The number of fused-ring (bicyclic) bond motifs is 2. The van der Waals surface area contributed by atoms with Crippen LogP contribution in [0.5, 0.6) is 5.75 Å². The number of hydrogen-bond donors (Lipinski definition) is 1. The van der Waals surface area contributed by atoms with Gasteiger partial charge < -0.3 is 10.1 Å². The van der Waals surface area contributed by atoms with Gasteiger partial charge in [-0.25, -0.2) is 4.68 Å². The first-order chi connectivity index (χ1) is 14.2. The maximum Gasteiger partial charge on any atom is 0.274 e. The van der Waals surface area contributed by atoms with Crippen LogP contribution in [0.3, 0.4) is 0 Å². The van der Waals surface area contributed by atoms with E-state index in [1.165, 1.54) is 4.68 Å². The summed E-state index contributed by atoms with van der Waals surface area (Å²) in [4.78, 5) is 25.1. The summed E-state index contributed by atoms with van der Waals surface area (Å²) < 4.78 is 7.18. The van der Waals surface area contributed by atoms with Crippen LogP contribution in [0.4, 0.5) is 0 Å². The van der Waals surface area contributed by atoms with Crippen molar-refractivity contribution in [2.75, 3.05) is 13.2 Å². The Kier molecular flexibility index (Phi) is 5.24. The number of aryl methyl sites for hydroxylation is 1. The number of hydrogen-bond acceptors (Lipinski definition) is 4. The molecule has 0 fully saturated rings. The highest BCUT2D eigenvalue weighted by Crippen LogP contribution is 2.24. The van der Waals surface area contributed by atoms with Gasteiger partial charge in [-0.3, -0.25) is 9.59 Å². The number of carbonyl (C=O) groups is 1. The van der Waals surface area contributed by atoms with Gasteiger partial charge in [-0.1, -0.05) is 54.6 Å². The monoisotopic (exact) mass is 387 g/mol. The summed E-state index contributed by atoms with van der Waals surface area (Å²) in [6, 6.07) is 20.9. The molecular formula is C23H21N3O3. The zero-order valence-corrected chi connectivity index (χ0v) is 16.1. The predicted molar refractivity (Wildman–Crippen MR) is 113 cm³/mol. The highest BCUT2D eigenvalue weighted by atomic mass is 16.5. The minimum Gasteiger partial charge on any atom is -0.491 e. The fourth-order valence-electron chi connectivity index (χ4n) is 3.35. The van der Waals surface area contributed by atoms with E-state index in [9.17, 15) is 9.59 Å². The van der Waals surface area contributed by atoms with Gasteiger partial charge >= 0.3 is 0 Å². The zero-order chi connectivity index (χ0) is 20.2. The van der Waals surface area contributed by atoms with Crippen LogP contribution in [0, 0.1) is 0 Å². The Bertz CT molecular complexity index is 1240. The Labute approximate surface area is 167 Å². The van der Waals surface area contributed by atoms with Gasteiger partial charge in [0, 0.05) is 17.3 Å². The molecule has 6 heteroatoms. The van der Waals surface area contributed by atoms with Crippen molar-refractivity contribution in [3.8, 4) is 5.75 Å². The van der Waals surface area contributed by atoms with Crippen molar-refractivity contribution in [1.82, 2.24) is 15.1 Å². The second kappa shape index (κ2) is 8.14. The Morgan fingerprint density at radius 2 is 1.66 bits per heavy atom. The van der Waals surface area contributed by atoms with E-state index in [0.717, 1.165) is 16.5 Å². The van der Waals surface area contributed by atoms with E-state index in [1.54, 1.807) is 24.3 Å². The second-order valence-electron chi connectivity index (χ2n) is 6.60. The van der Waals surface area contributed by atoms with Crippen molar-refractivity contribution < 1.29 is 9.53 Å². The Morgan fingerprint density at radius 1 is 0.966 bits per heavy atom. The molecule has 0 aliphatic rings. The van der Waals surface area contributed by atoms with E-state index in [1.807, 2.05) is 49.4 Å². The first kappa shape index (κ1) is 18.7. The fourth-order valence-corrected chi connectivity index (χ4v) is 3.35. The van der Waals surface area contributed by atoms with Crippen LogP contribution >= 0.6 is 0 Å². The van der Waals surface area contributed by atoms with Crippen LogP contribution in [-0.4, -0.2) is 28.8 Å². The SMILES string of the molecule is CCn1nc(C(=O)NCCOc2cccc3ccccc23)c2ccccc2c1=O. The second-order valence-corrected chi connectivity index (χ2v) is 6.60. The molecule has 1 aromatic heterocycles. The topological polar surface area (TPSA) is 73.2 Å². The minimum absolute atomic E-state index is 0.195. The van der Waals surface area contributed by atoms with Gasteiger partial charge in [0.25, 0.3) is 11.5 Å². The van der Waals surface area contributed by atoms with E-state index >= 15 is 0 Å². The summed E-state index contributed by atoms with van der Waals surface area (Å²) in [5.41, 5.74) is 0.0474. The number of rotatable bonds is 6. The highest BCUT2D eigenvalue weighted by molar-refractivity contribution is 6.04. The molecule has 0 aliphatic heterocycles. The third kappa shape index (κ3) is 3.69. The summed E-state index contributed by atoms with van der Waals surface area (Å²) >= 11 is 0. The summed E-state index contributed by atoms with van der Waals surface area (Å²) in [7, 11) is 0. The molecule has 3 aromatic carbocycles. The molecule has 6 nitrogen and oxygen atoms in total. The summed E-state index contributed by atoms with van der Waals surface area (Å²) in [6.07, 6.45) is 0. The molecule has 0 unspecified atom stereocenters. The van der Waals surface area contributed by atoms with Crippen molar-refractivity contribution in [1.29, 1.82) is 0 Å². The summed E-state index contributed by atoms with van der Waals surface area (Å²) in [6.45, 7) is 2.87. The lowest BCUT2D eigenvalue weighted by molar-refractivity contribution is 0.0941. The zero-order valence-electron chi connectivity index (χ0n) is 16.1. The average molecular weight is 387 g/mol. The van der Waals surface area contributed by atoms with Gasteiger partial charge in [0.05, 0.1) is 11.9 Å². The van der Waals surface area contributed by atoms with Crippen molar-refractivity contribution in [3.05, 3.63) is 82.8 Å².